The molecule has 1 aromatic rings. The van der Waals surface area contributed by atoms with E-state index in [1.54, 1.807) is 0 Å². The van der Waals surface area contributed by atoms with Crippen LogP contribution in [0.3, 0.4) is 0 Å². The molecule has 0 radical (unpaired) electrons. The van der Waals surface area contributed by atoms with Crippen LogP contribution in [0.2, 0.25) is 0 Å². The highest BCUT2D eigenvalue weighted by atomic mass is 16.5. The molecule has 1 atom stereocenters. The highest BCUT2D eigenvalue weighted by molar-refractivity contribution is 5.44. The van der Waals surface area contributed by atoms with Gasteiger partial charge in [-0.2, -0.15) is 0 Å². The van der Waals surface area contributed by atoms with Gasteiger partial charge in [0, 0.05) is 6.04 Å². The number of hydrogen-bond donors (Lipinski definition) is 1. The van der Waals surface area contributed by atoms with Crippen molar-refractivity contribution in [3.8, 4) is 5.75 Å². The van der Waals surface area contributed by atoms with Crippen molar-refractivity contribution in [1.29, 1.82) is 0 Å². The summed E-state index contributed by atoms with van der Waals surface area (Å²) in [5.41, 5.74) is 3.82. The number of aryl methyl sites for hydroxylation is 2. The second kappa shape index (κ2) is 8.21. The van der Waals surface area contributed by atoms with E-state index in [9.17, 15) is 0 Å². The molecule has 0 fully saturated rings. The Bertz CT molecular complexity index is 387. The number of nitrogens with one attached hydrogen (secondary N) is 1. The summed E-state index contributed by atoms with van der Waals surface area (Å²) >= 11 is 0. The topological polar surface area (TPSA) is 21.3 Å². The van der Waals surface area contributed by atoms with E-state index < -0.39 is 0 Å². The summed E-state index contributed by atoms with van der Waals surface area (Å²) in [4.78, 5) is 0. The summed E-state index contributed by atoms with van der Waals surface area (Å²) in [6, 6.07) is 4.94. The molecule has 1 N–H and O–H groups in total. The maximum absolute atomic E-state index is 5.99. The monoisotopic (exact) mass is 263 g/mol. The van der Waals surface area contributed by atoms with Crippen LogP contribution >= 0.6 is 0 Å². The van der Waals surface area contributed by atoms with Crippen molar-refractivity contribution in [2.24, 2.45) is 0 Å². The molecule has 0 heterocycles. The molecule has 19 heavy (non-hydrogen) atoms. The summed E-state index contributed by atoms with van der Waals surface area (Å²) in [6.45, 7) is 12.7. The lowest BCUT2D eigenvalue weighted by molar-refractivity contribution is 0.291. The Balaban J connectivity index is 2.43. The first-order chi connectivity index (χ1) is 9.10. The molecule has 0 bridgehead atoms. The number of benzene rings is 1. The van der Waals surface area contributed by atoms with Crippen molar-refractivity contribution >= 4 is 0 Å². The Hall–Kier alpha value is -1.02. The van der Waals surface area contributed by atoms with Crippen molar-refractivity contribution < 1.29 is 4.74 Å². The number of ether oxygens (including phenoxy) is 1. The fourth-order valence-corrected chi connectivity index (χ4v) is 2.39. The van der Waals surface area contributed by atoms with Gasteiger partial charge in [0.1, 0.15) is 5.75 Å². The molecule has 1 aromatic carbocycles. The average Bonchev–Trinajstić information content (AvgIpc) is 2.41. The predicted molar refractivity (Wildman–Crippen MR) is 83.1 cm³/mol. The van der Waals surface area contributed by atoms with Crippen molar-refractivity contribution in [3.63, 3.8) is 0 Å². The number of rotatable bonds is 8. The lowest BCUT2D eigenvalue weighted by atomic mass is 10.1. The zero-order valence-corrected chi connectivity index (χ0v) is 13.2. The van der Waals surface area contributed by atoms with Crippen LogP contribution in [0.1, 0.15) is 49.8 Å². The first-order valence-corrected chi connectivity index (χ1v) is 7.53. The van der Waals surface area contributed by atoms with Gasteiger partial charge in [0.15, 0.2) is 0 Å². The molecule has 0 aliphatic heterocycles. The van der Waals surface area contributed by atoms with Gasteiger partial charge < -0.3 is 10.1 Å². The van der Waals surface area contributed by atoms with E-state index in [0.29, 0.717) is 6.04 Å². The van der Waals surface area contributed by atoms with E-state index in [4.69, 9.17) is 4.74 Å². The van der Waals surface area contributed by atoms with Crippen LogP contribution in [0.25, 0.3) is 0 Å². The standard InChI is InChI=1S/C17H29NO/c1-6-16(18-7-2)9-8-12-19-17-14(4)11-10-13(3)15(17)5/h10-11,16,18H,6-9,12H2,1-5H3. The Morgan fingerprint density at radius 2 is 1.79 bits per heavy atom. The van der Waals surface area contributed by atoms with E-state index in [2.05, 4.69) is 52.1 Å². The highest BCUT2D eigenvalue weighted by Crippen LogP contribution is 2.25. The minimum atomic E-state index is 0.633. The second-order valence-corrected chi connectivity index (χ2v) is 5.31. The quantitative estimate of drug-likeness (QED) is 0.711. The Morgan fingerprint density at radius 3 is 2.42 bits per heavy atom. The van der Waals surface area contributed by atoms with Gasteiger partial charge in [0.25, 0.3) is 0 Å². The Labute approximate surface area is 118 Å². The summed E-state index contributed by atoms with van der Waals surface area (Å²) in [6.07, 6.45) is 3.49. The van der Waals surface area contributed by atoms with E-state index in [1.807, 2.05) is 0 Å². The summed E-state index contributed by atoms with van der Waals surface area (Å²) in [7, 11) is 0. The fraction of sp³-hybridized carbons (Fsp3) is 0.647. The molecule has 0 saturated carbocycles. The molecule has 0 spiro atoms. The van der Waals surface area contributed by atoms with Gasteiger partial charge in [-0.25, -0.2) is 0 Å². The van der Waals surface area contributed by atoms with Gasteiger partial charge in [0.05, 0.1) is 6.61 Å². The Morgan fingerprint density at radius 1 is 1.11 bits per heavy atom. The molecule has 0 aliphatic rings. The van der Waals surface area contributed by atoms with E-state index in [-0.39, 0.29) is 0 Å². The van der Waals surface area contributed by atoms with Crippen molar-refractivity contribution in [2.75, 3.05) is 13.2 Å². The van der Waals surface area contributed by atoms with Gasteiger partial charge in [-0.15, -0.1) is 0 Å². The highest BCUT2D eigenvalue weighted by Gasteiger charge is 2.07. The first-order valence-electron chi connectivity index (χ1n) is 7.53. The smallest absolute Gasteiger partial charge is 0.125 e. The molecule has 0 saturated heterocycles. The second-order valence-electron chi connectivity index (χ2n) is 5.31. The molecule has 2 nitrogen and oxygen atoms in total. The minimum Gasteiger partial charge on any atom is -0.493 e. The van der Waals surface area contributed by atoms with E-state index in [0.717, 1.165) is 25.3 Å². The molecule has 0 amide bonds. The van der Waals surface area contributed by atoms with Gasteiger partial charge in [-0.05, 0) is 63.3 Å². The SMILES string of the molecule is CCNC(CC)CCCOc1c(C)ccc(C)c1C. The minimum absolute atomic E-state index is 0.633. The third-order valence-corrected chi connectivity index (χ3v) is 3.80. The largest absolute Gasteiger partial charge is 0.493 e. The molecule has 0 aromatic heterocycles. The Kier molecular flexibility index (Phi) is 6.93. The summed E-state index contributed by atoms with van der Waals surface area (Å²) < 4.78 is 5.99. The average molecular weight is 263 g/mol. The van der Waals surface area contributed by atoms with Crippen LogP contribution in [0.5, 0.6) is 5.75 Å². The van der Waals surface area contributed by atoms with Crippen LogP contribution in [0, 0.1) is 20.8 Å². The maximum atomic E-state index is 5.99. The van der Waals surface area contributed by atoms with Gasteiger partial charge in [-0.3, -0.25) is 0 Å². The van der Waals surface area contributed by atoms with Crippen LogP contribution in [0.15, 0.2) is 12.1 Å². The normalized spacial score (nSPS) is 12.5. The van der Waals surface area contributed by atoms with E-state index >= 15 is 0 Å². The van der Waals surface area contributed by atoms with Crippen LogP contribution in [-0.4, -0.2) is 19.2 Å². The summed E-state index contributed by atoms with van der Waals surface area (Å²) in [5.74, 6) is 1.08. The number of hydrogen-bond acceptors (Lipinski definition) is 2. The van der Waals surface area contributed by atoms with Crippen molar-refractivity contribution in [1.82, 2.24) is 5.32 Å². The van der Waals surface area contributed by atoms with Gasteiger partial charge in [0.2, 0.25) is 0 Å². The molecule has 1 unspecified atom stereocenters. The zero-order chi connectivity index (χ0) is 14.3. The summed E-state index contributed by atoms with van der Waals surface area (Å²) in [5, 5.41) is 3.51. The lowest BCUT2D eigenvalue weighted by Crippen LogP contribution is -2.28. The van der Waals surface area contributed by atoms with E-state index in [1.165, 1.54) is 29.5 Å². The first kappa shape index (κ1) is 16.0. The third kappa shape index (κ3) is 4.87. The van der Waals surface area contributed by atoms with Crippen LogP contribution in [0.4, 0.5) is 0 Å². The van der Waals surface area contributed by atoms with Crippen LogP contribution < -0.4 is 10.1 Å². The molecule has 108 valence electrons. The van der Waals surface area contributed by atoms with Gasteiger partial charge in [-0.1, -0.05) is 26.0 Å². The molecule has 2 heteroatoms. The maximum Gasteiger partial charge on any atom is 0.125 e. The zero-order valence-electron chi connectivity index (χ0n) is 13.2. The predicted octanol–water partition coefficient (Wildman–Crippen LogP) is 4.16. The molecular formula is C17H29NO. The van der Waals surface area contributed by atoms with Crippen molar-refractivity contribution in [3.05, 3.63) is 28.8 Å². The lowest BCUT2D eigenvalue weighted by Gasteiger charge is -2.17. The third-order valence-electron chi connectivity index (χ3n) is 3.80. The van der Waals surface area contributed by atoms with Gasteiger partial charge >= 0.3 is 0 Å². The van der Waals surface area contributed by atoms with Crippen molar-refractivity contribution in [2.45, 2.75) is 59.9 Å². The molecular weight excluding hydrogens is 234 g/mol. The molecule has 1 rings (SSSR count). The fourth-order valence-electron chi connectivity index (χ4n) is 2.39. The molecule has 0 aliphatic carbocycles. The van der Waals surface area contributed by atoms with Crippen LogP contribution in [-0.2, 0) is 0 Å².